The minimum Gasteiger partial charge on any atom is -0.339 e. The summed E-state index contributed by atoms with van der Waals surface area (Å²) in [5.74, 6) is 1.44. The SMILES string of the molecule is CCNCCc1nc(Cc2ccc(Br)cc2)no1. The third kappa shape index (κ3) is 3.92. The molecule has 0 fully saturated rings. The van der Waals surface area contributed by atoms with Gasteiger partial charge in [0.15, 0.2) is 5.82 Å². The van der Waals surface area contributed by atoms with Crippen LogP contribution in [0.1, 0.15) is 24.2 Å². The third-order valence-corrected chi connectivity index (χ3v) is 3.08. The van der Waals surface area contributed by atoms with Gasteiger partial charge in [0.05, 0.1) is 0 Å². The summed E-state index contributed by atoms with van der Waals surface area (Å²) < 4.78 is 6.27. The maximum Gasteiger partial charge on any atom is 0.227 e. The molecule has 2 aromatic rings. The molecule has 0 atom stereocenters. The van der Waals surface area contributed by atoms with Crippen molar-refractivity contribution in [2.24, 2.45) is 0 Å². The molecule has 1 N–H and O–H groups in total. The van der Waals surface area contributed by atoms with Gasteiger partial charge in [0.2, 0.25) is 5.89 Å². The lowest BCUT2D eigenvalue weighted by Gasteiger charge is -1.96. The second-order valence-electron chi connectivity index (χ2n) is 4.01. The van der Waals surface area contributed by atoms with Crippen molar-refractivity contribution in [3.8, 4) is 0 Å². The minimum absolute atomic E-state index is 0.697. The molecular formula is C13H16BrN3O. The Labute approximate surface area is 115 Å². The first kappa shape index (κ1) is 13.2. The van der Waals surface area contributed by atoms with E-state index in [1.54, 1.807) is 0 Å². The summed E-state index contributed by atoms with van der Waals surface area (Å²) in [5, 5.41) is 7.22. The van der Waals surface area contributed by atoms with Crippen LogP contribution >= 0.6 is 15.9 Å². The highest BCUT2D eigenvalue weighted by Crippen LogP contribution is 2.13. The Morgan fingerprint density at radius 2 is 2.06 bits per heavy atom. The average molecular weight is 310 g/mol. The second kappa shape index (κ2) is 6.66. The van der Waals surface area contributed by atoms with Gasteiger partial charge in [0, 0.05) is 23.9 Å². The molecule has 0 unspecified atom stereocenters. The largest absolute Gasteiger partial charge is 0.339 e. The van der Waals surface area contributed by atoms with Crippen LogP contribution in [0.25, 0.3) is 0 Å². The van der Waals surface area contributed by atoms with E-state index >= 15 is 0 Å². The van der Waals surface area contributed by atoms with Gasteiger partial charge in [-0.1, -0.05) is 40.1 Å². The lowest BCUT2D eigenvalue weighted by molar-refractivity contribution is 0.372. The monoisotopic (exact) mass is 309 g/mol. The van der Waals surface area contributed by atoms with Gasteiger partial charge < -0.3 is 9.84 Å². The van der Waals surface area contributed by atoms with Crippen LogP contribution in [-0.2, 0) is 12.8 Å². The summed E-state index contributed by atoms with van der Waals surface area (Å²) in [6, 6.07) is 8.14. The fraction of sp³-hybridized carbons (Fsp3) is 0.385. The van der Waals surface area contributed by atoms with Crippen molar-refractivity contribution in [1.82, 2.24) is 15.5 Å². The van der Waals surface area contributed by atoms with Gasteiger partial charge in [0.1, 0.15) is 0 Å². The number of benzene rings is 1. The van der Waals surface area contributed by atoms with Crippen molar-refractivity contribution in [2.75, 3.05) is 13.1 Å². The normalized spacial score (nSPS) is 10.8. The number of nitrogens with one attached hydrogen (secondary N) is 1. The number of hydrogen-bond donors (Lipinski definition) is 1. The van der Waals surface area contributed by atoms with Crippen LogP contribution in [0.2, 0.25) is 0 Å². The molecule has 0 bridgehead atoms. The van der Waals surface area contributed by atoms with Crippen molar-refractivity contribution in [3.63, 3.8) is 0 Å². The van der Waals surface area contributed by atoms with Gasteiger partial charge in [-0.2, -0.15) is 4.98 Å². The topological polar surface area (TPSA) is 51.0 Å². The van der Waals surface area contributed by atoms with E-state index in [1.165, 1.54) is 5.56 Å². The molecule has 1 heterocycles. The van der Waals surface area contributed by atoms with E-state index in [1.807, 2.05) is 12.1 Å². The van der Waals surface area contributed by atoms with Gasteiger partial charge in [-0.3, -0.25) is 0 Å². The summed E-state index contributed by atoms with van der Waals surface area (Å²) in [6.07, 6.45) is 1.49. The first-order valence-electron chi connectivity index (χ1n) is 6.04. The summed E-state index contributed by atoms with van der Waals surface area (Å²) in [6.45, 7) is 3.91. The lowest BCUT2D eigenvalue weighted by atomic mass is 10.1. The molecular weight excluding hydrogens is 294 g/mol. The number of likely N-dealkylation sites (N-methyl/N-ethyl adjacent to an activating group) is 1. The Balaban J connectivity index is 1.91. The van der Waals surface area contributed by atoms with Crippen LogP contribution in [0, 0.1) is 0 Å². The van der Waals surface area contributed by atoms with Crippen molar-refractivity contribution in [2.45, 2.75) is 19.8 Å². The quantitative estimate of drug-likeness (QED) is 0.833. The van der Waals surface area contributed by atoms with Crippen molar-refractivity contribution in [3.05, 3.63) is 46.0 Å². The van der Waals surface area contributed by atoms with Gasteiger partial charge in [-0.25, -0.2) is 0 Å². The highest BCUT2D eigenvalue weighted by atomic mass is 79.9. The number of nitrogens with zero attached hydrogens (tertiary/aromatic N) is 2. The van der Waals surface area contributed by atoms with Gasteiger partial charge >= 0.3 is 0 Å². The van der Waals surface area contributed by atoms with Crippen molar-refractivity contribution in [1.29, 1.82) is 0 Å². The van der Waals surface area contributed by atoms with E-state index in [9.17, 15) is 0 Å². The van der Waals surface area contributed by atoms with Gasteiger partial charge in [0.25, 0.3) is 0 Å². The van der Waals surface area contributed by atoms with Crippen LogP contribution in [0.3, 0.4) is 0 Å². The molecule has 2 rings (SSSR count). The van der Waals surface area contributed by atoms with E-state index in [4.69, 9.17) is 4.52 Å². The Kier molecular flexibility index (Phi) is 4.90. The van der Waals surface area contributed by atoms with Crippen LogP contribution < -0.4 is 5.32 Å². The highest BCUT2D eigenvalue weighted by molar-refractivity contribution is 9.10. The first-order valence-corrected chi connectivity index (χ1v) is 6.84. The molecule has 0 aliphatic heterocycles. The molecule has 0 aliphatic carbocycles. The summed E-state index contributed by atoms with van der Waals surface area (Å²) in [7, 11) is 0. The molecule has 0 saturated heterocycles. The van der Waals surface area contributed by atoms with E-state index in [2.05, 4.69) is 50.4 Å². The third-order valence-electron chi connectivity index (χ3n) is 2.55. The number of halogens is 1. The lowest BCUT2D eigenvalue weighted by Crippen LogP contribution is -2.16. The van der Waals surface area contributed by atoms with Crippen LogP contribution in [0.15, 0.2) is 33.3 Å². The Morgan fingerprint density at radius 1 is 1.28 bits per heavy atom. The molecule has 18 heavy (non-hydrogen) atoms. The molecule has 0 spiro atoms. The molecule has 0 aliphatic rings. The fourth-order valence-corrected chi connectivity index (χ4v) is 1.88. The molecule has 1 aromatic carbocycles. The summed E-state index contributed by atoms with van der Waals surface area (Å²) >= 11 is 3.41. The summed E-state index contributed by atoms with van der Waals surface area (Å²) in [5.41, 5.74) is 1.18. The molecule has 0 radical (unpaired) electrons. The molecule has 4 nitrogen and oxygen atoms in total. The van der Waals surface area contributed by atoms with Crippen molar-refractivity contribution >= 4 is 15.9 Å². The van der Waals surface area contributed by atoms with Crippen LogP contribution in [0.5, 0.6) is 0 Å². The number of hydrogen-bond acceptors (Lipinski definition) is 4. The zero-order valence-corrected chi connectivity index (χ0v) is 11.9. The minimum atomic E-state index is 0.697. The smallest absolute Gasteiger partial charge is 0.227 e. The van der Waals surface area contributed by atoms with Gasteiger partial charge in [-0.15, -0.1) is 0 Å². The Morgan fingerprint density at radius 3 is 2.78 bits per heavy atom. The van der Waals surface area contributed by atoms with Gasteiger partial charge in [-0.05, 0) is 24.2 Å². The molecule has 96 valence electrons. The van der Waals surface area contributed by atoms with Crippen LogP contribution in [0.4, 0.5) is 0 Å². The number of aromatic nitrogens is 2. The van der Waals surface area contributed by atoms with E-state index < -0.39 is 0 Å². The summed E-state index contributed by atoms with van der Waals surface area (Å²) in [4.78, 5) is 4.37. The molecule has 1 aromatic heterocycles. The second-order valence-corrected chi connectivity index (χ2v) is 4.93. The van der Waals surface area contributed by atoms with Crippen LogP contribution in [-0.4, -0.2) is 23.2 Å². The Hall–Kier alpha value is -1.20. The van der Waals surface area contributed by atoms with E-state index in [0.717, 1.165) is 29.8 Å². The molecule has 0 amide bonds. The predicted octanol–water partition coefficient (Wildman–Crippen LogP) is 2.57. The highest BCUT2D eigenvalue weighted by Gasteiger charge is 2.06. The van der Waals surface area contributed by atoms with E-state index in [-0.39, 0.29) is 0 Å². The van der Waals surface area contributed by atoms with E-state index in [0.29, 0.717) is 12.3 Å². The predicted molar refractivity (Wildman–Crippen MR) is 73.5 cm³/mol. The number of rotatable bonds is 6. The first-order chi connectivity index (χ1) is 8.78. The molecule has 0 saturated carbocycles. The standard InChI is InChI=1S/C13H16BrN3O/c1-2-15-8-7-13-16-12(17-18-13)9-10-3-5-11(14)6-4-10/h3-6,15H,2,7-9H2,1H3. The van der Waals surface area contributed by atoms with Crippen molar-refractivity contribution < 1.29 is 4.52 Å². The average Bonchev–Trinajstić information content (AvgIpc) is 2.80. The Bertz CT molecular complexity index is 481. The molecule has 5 heteroatoms. The maximum atomic E-state index is 5.20. The zero-order chi connectivity index (χ0) is 12.8. The zero-order valence-electron chi connectivity index (χ0n) is 10.3. The maximum absolute atomic E-state index is 5.20. The fourth-order valence-electron chi connectivity index (χ4n) is 1.62.